The molecule has 5 heteroatoms. The Balaban J connectivity index is 2.29. The molecule has 0 unspecified atom stereocenters. The number of rotatable bonds is 3. The molecule has 17 heavy (non-hydrogen) atoms. The monoisotopic (exact) mass is 251 g/mol. The van der Waals surface area contributed by atoms with Crippen molar-refractivity contribution in [3.8, 4) is 0 Å². The van der Waals surface area contributed by atoms with Gasteiger partial charge in [0.25, 0.3) is 10.1 Å². The second-order valence-electron chi connectivity index (χ2n) is 3.95. The molecule has 2 rings (SSSR count). The van der Waals surface area contributed by atoms with Crippen molar-refractivity contribution in [1.29, 1.82) is 0 Å². The Morgan fingerprint density at radius 3 is 2.71 bits per heavy atom. The van der Waals surface area contributed by atoms with Crippen LogP contribution in [0.3, 0.4) is 0 Å². The Bertz CT molecular complexity index is 650. The van der Waals surface area contributed by atoms with Crippen LogP contribution in [-0.2, 0) is 20.9 Å². The molecule has 1 aromatic heterocycles. The van der Waals surface area contributed by atoms with E-state index < -0.39 is 10.1 Å². The van der Waals surface area contributed by atoms with Gasteiger partial charge in [-0.15, -0.1) is 0 Å². The molecule has 0 spiro atoms. The Hall–Kier alpha value is -1.46. The summed E-state index contributed by atoms with van der Waals surface area (Å²) in [6.45, 7) is 1.99. The van der Waals surface area contributed by atoms with Crippen molar-refractivity contribution in [3.05, 3.63) is 41.6 Å². The predicted molar refractivity (Wildman–Crippen MR) is 66.1 cm³/mol. The van der Waals surface area contributed by atoms with Crippen LogP contribution in [0.25, 0.3) is 10.9 Å². The Morgan fingerprint density at radius 2 is 2.00 bits per heavy atom. The fourth-order valence-corrected chi connectivity index (χ4v) is 1.89. The van der Waals surface area contributed by atoms with Crippen molar-refractivity contribution in [2.24, 2.45) is 0 Å². The van der Waals surface area contributed by atoms with Crippen molar-refractivity contribution >= 4 is 21.0 Å². The molecular formula is C12H13NO3S. The number of benzene rings is 1. The zero-order valence-electron chi connectivity index (χ0n) is 9.67. The second-order valence-corrected chi connectivity index (χ2v) is 5.59. The fraction of sp³-hybridized carbons (Fsp3) is 0.250. The minimum atomic E-state index is -3.40. The maximum Gasteiger partial charge on any atom is 0.264 e. The maximum absolute atomic E-state index is 10.9. The van der Waals surface area contributed by atoms with E-state index >= 15 is 0 Å². The molecule has 0 aliphatic heterocycles. The third-order valence-corrected chi connectivity index (χ3v) is 2.88. The number of aryl methyl sites for hydroxylation is 1. The molecule has 1 aromatic carbocycles. The van der Waals surface area contributed by atoms with E-state index in [1.165, 1.54) is 0 Å². The molecule has 0 saturated heterocycles. The number of pyridine rings is 1. The molecule has 0 saturated carbocycles. The van der Waals surface area contributed by atoms with E-state index in [4.69, 9.17) is 4.18 Å². The van der Waals surface area contributed by atoms with E-state index in [-0.39, 0.29) is 6.61 Å². The average molecular weight is 251 g/mol. The number of nitrogens with zero attached hydrogens (tertiary/aromatic N) is 1. The van der Waals surface area contributed by atoms with Crippen LogP contribution in [0.15, 0.2) is 30.3 Å². The van der Waals surface area contributed by atoms with E-state index in [1.54, 1.807) is 0 Å². The first-order valence-corrected chi connectivity index (χ1v) is 6.96. The van der Waals surface area contributed by atoms with Crippen molar-refractivity contribution in [2.75, 3.05) is 6.26 Å². The van der Waals surface area contributed by atoms with Crippen LogP contribution in [0.5, 0.6) is 0 Å². The number of fused-ring (bicyclic) bond motifs is 1. The Kier molecular flexibility index (Phi) is 3.13. The number of hydrogen-bond acceptors (Lipinski definition) is 4. The molecule has 0 radical (unpaired) electrons. The van der Waals surface area contributed by atoms with Crippen molar-refractivity contribution in [3.63, 3.8) is 0 Å². The third kappa shape index (κ3) is 3.25. The van der Waals surface area contributed by atoms with Crippen LogP contribution >= 0.6 is 0 Å². The Morgan fingerprint density at radius 1 is 1.24 bits per heavy atom. The average Bonchev–Trinajstić information content (AvgIpc) is 2.25. The van der Waals surface area contributed by atoms with Crippen LogP contribution in [-0.4, -0.2) is 19.7 Å². The van der Waals surface area contributed by atoms with Gasteiger partial charge in [-0.1, -0.05) is 12.1 Å². The van der Waals surface area contributed by atoms with Gasteiger partial charge in [0.1, 0.15) is 0 Å². The molecule has 4 nitrogen and oxygen atoms in total. The molecule has 0 atom stereocenters. The summed E-state index contributed by atoms with van der Waals surface area (Å²) in [7, 11) is -3.40. The summed E-state index contributed by atoms with van der Waals surface area (Å²) in [4.78, 5) is 4.37. The first-order chi connectivity index (χ1) is 7.94. The van der Waals surface area contributed by atoms with Crippen LogP contribution in [0.2, 0.25) is 0 Å². The third-order valence-electron chi connectivity index (χ3n) is 2.33. The molecule has 90 valence electrons. The lowest BCUT2D eigenvalue weighted by Crippen LogP contribution is -2.02. The van der Waals surface area contributed by atoms with Gasteiger partial charge in [0, 0.05) is 11.1 Å². The summed E-state index contributed by atoms with van der Waals surface area (Å²) in [6, 6.07) is 9.45. The highest BCUT2D eigenvalue weighted by atomic mass is 32.2. The van der Waals surface area contributed by atoms with Gasteiger partial charge in [-0.25, -0.2) is 0 Å². The first-order valence-electron chi connectivity index (χ1n) is 5.15. The quantitative estimate of drug-likeness (QED) is 0.783. The summed E-state index contributed by atoms with van der Waals surface area (Å²) in [5, 5.41) is 0.977. The van der Waals surface area contributed by atoms with E-state index in [1.807, 2.05) is 37.3 Å². The zero-order valence-corrected chi connectivity index (χ0v) is 10.5. The smallest absolute Gasteiger partial charge is 0.264 e. The van der Waals surface area contributed by atoms with Gasteiger partial charge >= 0.3 is 0 Å². The first kappa shape index (κ1) is 12.0. The minimum Gasteiger partial charge on any atom is -0.265 e. The van der Waals surface area contributed by atoms with Gasteiger partial charge in [0.15, 0.2) is 0 Å². The highest BCUT2D eigenvalue weighted by molar-refractivity contribution is 7.85. The van der Waals surface area contributed by atoms with Crippen molar-refractivity contribution in [2.45, 2.75) is 13.5 Å². The van der Waals surface area contributed by atoms with Crippen LogP contribution in [0.4, 0.5) is 0 Å². The molecular weight excluding hydrogens is 238 g/mol. The van der Waals surface area contributed by atoms with E-state index in [0.29, 0.717) is 0 Å². The van der Waals surface area contributed by atoms with Crippen LogP contribution in [0.1, 0.15) is 11.3 Å². The summed E-state index contributed by atoms with van der Waals surface area (Å²) < 4.78 is 26.5. The van der Waals surface area contributed by atoms with E-state index in [2.05, 4.69) is 4.98 Å². The molecule has 0 aliphatic carbocycles. The lowest BCUT2D eigenvalue weighted by Gasteiger charge is -2.04. The highest BCUT2D eigenvalue weighted by Crippen LogP contribution is 2.15. The van der Waals surface area contributed by atoms with Crippen molar-refractivity contribution in [1.82, 2.24) is 4.98 Å². The SMILES string of the molecule is Cc1ccc2cc(COS(C)(=O)=O)ccc2n1. The molecule has 2 aromatic rings. The van der Waals surface area contributed by atoms with E-state index in [0.717, 1.165) is 28.4 Å². The summed E-state index contributed by atoms with van der Waals surface area (Å²) in [5.74, 6) is 0. The topological polar surface area (TPSA) is 56.3 Å². The second kappa shape index (κ2) is 4.43. The van der Waals surface area contributed by atoms with E-state index in [9.17, 15) is 8.42 Å². The zero-order chi connectivity index (χ0) is 12.5. The van der Waals surface area contributed by atoms with Gasteiger partial charge in [0.2, 0.25) is 0 Å². The van der Waals surface area contributed by atoms with Gasteiger partial charge in [-0.2, -0.15) is 8.42 Å². The van der Waals surface area contributed by atoms with Gasteiger partial charge in [-0.05, 0) is 30.7 Å². The minimum absolute atomic E-state index is 0.0582. The normalized spacial score (nSPS) is 11.9. The molecule has 1 heterocycles. The van der Waals surface area contributed by atoms with Crippen LogP contribution < -0.4 is 0 Å². The van der Waals surface area contributed by atoms with Gasteiger partial charge in [0.05, 0.1) is 18.4 Å². The lowest BCUT2D eigenvalue weighted by atomic mass is 10.1. The predicted octanol–water partition coefficient (Wildman–Crippen LogP) is 2.02. The molecule has 0 bridgehead atoms. The maximum atomic E-state index is 10.9. The Labute approximate surface area is 100 Å². The highest BCUT2D eigenvalue weighted by Gasteiger charge is 2.03. The lowest BCUT2D eigenvalue weighted by molar-refractivity contribution is 0.312. The number of hydrogen-bond donors (Lipinski definition) is 0. The van der Waals surface area contributed by atoms with Crippen molar-refractivity contribution < 1.29 is 12.6 Å². The summed E-state index contributed by atoms with van der Waals surface area (Å²) in [6.07, 6.45) is 1.04. The molecule has 0 N–H and O–H groups in total. The summed E-state index contributed by atoms with van der Waals surface area (Å²) in [5.41, 5.74) is 2.67. The fourth-order valence-electron chi connectivity index (χ4n) is 1.54. The van der Waals surface area contributed by atoms with Gasteiger partial charge in [-0.3, -0.25) is 9.17 Å². The standard InChI is InChI=1S/C12H13NO3S/c1-9-3-5-11-7-10(4-6-12(11)13-9)8-16-17(2,14)15/h3-7H,8H2,1-2H3. The van der Waals surface area contributed by atoms with Crippen LogP contribution in [0, 0.1) is 6.92 Å². The largest absolute Gasteiger partial charge is 0.265 e. The summed E-state index contributed by atoms with van der Waals surface area (Å²) >= 11 is 0. The molecule has 0 aliphatic rings. The van der Waals surface area contributed by atoms with Gasteiger partial charge < -0.3 is 0 Å². The molecule has 0 fully saturated rings. The number of aromatic nitrogens is 1. The molecule has 0 amide bonds.